The molecule has 0 saturated carbocycles. The molecule has 1 atom stereocenters. The number of rotatable bonds is 9. The number of H-pyrrole nitrogens is 1. The molecule has 0 aliphatic carbocycles. The van der Waals surface area contributed by atoms with E-state index < -0.39 is 0 Å². The Hall–Kier alpha value is -2.41. The predicted molar refractivity (Wildman–Crippen MR) is 110 cm³/mol. The van der Waals surface area contributed by atoms with Gasteiger partial charge in [0.25, 0.3) is 0 Å². The lowest BCUT2D eigenvalue weighted by atomic mass is 10.0. The van der Waals surface area contributed by atoms with Gasteiger partial charge in [-0.25, -0.2) is 9.78 Å². The number of aromatic nitrogens is 3. The maximum Gasteiger partial charge on any atom is 0.319 e. The number of carbonyl (C=O) groups is 1. The molecule has 7 nitrogen and oxygen atoms in total. The Morgan fingerprint density at radius 3 is 2.59 bits per heavy atom. The van der Waals surface area contributed by atoms with E-state index in [2.05, 4.69) is 58.4 Å². The first-order valence-corrected chi connectivity index (χ1v) is 9.71. The molecule has 1 unspecified atom stereocenters. The summed E-state index contributed by atoms with van der Waals surface area (Å²) in [6.07, 6.45) is 1.06. The second-order valence-corrected chi connectivity index (χ2v) is 7.16. The number of anilines is 1. The van der Waals surface area contributed by atoms with Crippen LogP contribution in [0.25, 0.3) is 11.4 Å². The lowest BCUT2D eigenvalue weighted by Crippen LogP contribution is -2.45. The van der Waals surface area contributed by atoms with Crippen LogP contribution in [0.2, 0.25) is 0 Å². The van der Waals surface area contributed by atoms with Crippen molar-refractivity contribution < 1.29 is 4.79 Å². The first kappa shape index (κ1) is 20.9. The normalized spacial score (nSPS) is 12.4. The van der Waals surface area contributed by atoms with E-state index in [4.69, 9.17) is 0 Å². The number of hydrogen-bond donors (Lipinski definition) is 3. The van der Waals surface area contributed by atoms with Crippen molar-refractivity contribution in [3.63, 3.8) is 0 Å². The quantitative estimate of drug-likeness (QED) is 0.627. The second kappa shape index (κ2) is 10.1. The lowest BCUT2D eigenvalue weighted by molar-refractivity contribution is 0.186. The minimum Gasteiger partial charge on any atom is -0.336 e. The van der Waals surface area contributed by atoms with E-state index in [9.17, 15) is 4.79 Å². The van der Waals surface area contributed by atoms with E-state index in [0.717, 1.165) is 36.6 Å². The molecule has 0 aliphatic rings. The summed E-state index contributed by atoms with van der Waals surface area (Å²) in [6.45, 7) is 13.2. The van der Waals surface area contributed by atoms with Gasteiger partial charge in [-0.2, -0.15) is 5.10 Å². The van der Waals surface area contributed by atoms with E-state index in [1.165, 1.54) is 0 Å². The molecular formula is C20H32N6O. The molecule has 1 aromatic carbocycles. The van der Waals surface area contributed by atoms with Crippen molar-refractivity contribution in [3.8, 4) is 11.4 Å². The summed E-state index contributed by atoms with van der Waals surface area (Å²) in [7, 11) is 0. The Morgan fingerprint density at radius 1 is 1.26 bits per heavy atom. The van der Waals surface area contributed by atoms with Crippen LogP contribution >= 0.6 is 0 Å². The molecule has 148 valence electrons. The molecular weight excluding hydrogens is 340 g/mol. The van der Waals surface area contributed by atoms with Gasteiger partial charge in [0.15, 0.2) is 5.82 Å². The summed E-state index contributed by atoms with van der Waals surface area (Å²) >= 11 is 0. The molecule has 0 bridgehead atoms. The Labute approximate surface area is 162 Å². The van der Waals surface area contributed by atoms with E-state index in [-0.39, 0.29) is 6.03 Å². The molecule has 27 heavy (non-hydrogen) atoms. The van der Waals surface area contributed by atoms with Crippen molar-refractivity contribution in [2.75, 3.05) is 25.0 Å². The highest BCUT2D eigenvalue weighted by Crippen LogP contribution is 2.19. The molecule has 0 fully saturated rings. The van der Waals surface area contributed by atoms with E-state index in [1.807, 2.05) is 31.2 Å². The molecule has 0 radical (unpaired) electrons. The number of urea groups is 1. The van der Waals surface area contributed by atoms with Crippen molar-refractivity contribution in [2.45, 2.75) is 47.1 Å². The summed E-state index contributed by atoms with van der Waals surface area (Å²) in [5.41, 5.74) is 1.58. The number of aromatic amines is 1. The van der Waals surface area contributed by atoms with Gasteiger partial charge in [0.2, 0.25) is 0 Å². The van der Waals surface area contributed by atoms with Gasteiger partial charge in [0, 0.05) is 23.8 Å². The smallest absolute Gasteiger partial charge is 0.319 e. The maximum atomic E-state index is 12.4. The van der Waals surface area contributed by atoms with Crippen LogP contribution in [0, 0.1) is 12.8 Å². The van der Waals surface area contributed by atoms with Gasteiger partial charge in [-0.1, -0.05) is 39.8 Å². The third kappa shape index (κ3) is 6.36. The van der Waals surface area contributed by atoms with Gasteiger partial charge in [0.05, 0.1) is 0 Å². The van der Waals surface area contributed by atoms with Crippen molar-refractivity contribution >= 4 is 11.7 Å². The molecule has 2 aromatic rings. The van der Waals surface area contributed by atoms with Crippen molar-refractivity contribution in [2.24, 2.45) is 5.92 Å². The zero-order valence-electron chi connectivity index (χ0n) is 17.0. The molecule has 1 heterocycles. The number of carbonyl (C=O) groups excluding carboxylic acids is 1. The van der Waals surface area contributed by atoms with Gasteiger partial charge in [-0.3, -0.25) is 10.00 Å². The first-order valence-electron chi connectivity index (χ1n) is 9.71. The molecule has 2 rings (SSSR count). The fourth-order valence-corrected chi connectivity index (χ4v) is 3.24. The van der Waals surface area contributed by atoms with Crippen LogP contribution in [0.5, 0.6) is 0 Å². The van der Waals surface area contributed by atoms with Gasteiger partial charge in [-0.15, -0.1) is 0 Å². The third-order valence-electron chi connectivity index (χ3n) is 4.55. The van der Waals surface area contributed by atoms with Crippen molar-refractivity contribution in [3.05, 3.63) is 30.1 Å². The van der Waals surface area contributed by atoms with Crippen LogP contribution in [-0.4, -0.2) is 51.8 Å². The van der Waals surface area contributed by atoms with Crippen molar-refractivity contribution in [1.29, 1.82) is 0 Å². The number of benzene rings is 1. The minimum atomic E-state index is -0.195. The summed E-state index contributed by atoms with van der Waals surface area (Å²) in [6, 6.07) is 7.68. The summed E-state index contributed by atoms with van der Waals surface area (Å²) in [5, 5.41) is 12.9. The van der Waals surface area contributed by atoms with Crippen molar-refractivity contribution in [1.82, 2.24) is 25.4 Å². The fraction of sp³-hybridized carbons (Fsp3) is 0.550. The SMILES string of the molecule is CCN(CC)C(CNC(=O)Nc1cccc(-c2n[nH]c(C)n2)c1)CC(C)C. The number of likely N-dealkylation sites (N-methyl/N-ethyl adjacent to an activating group) is 1. The largest absolute Gasteiger partial charge is 0.336 e. The van der Waals surface area contributed by atoms with Crippen LogP contribution in [-0.2, 0) is 0 Å². The Balaban J connectivity index is 1.96. The van der Waals surface area contributed by atoms with Crippen LogP contribution in [0.1, 0.15) is 39.9 Å². The average molecular weight is 373 g/mol. The second-order valence-electron chi connectivity index (χ2n) is 7.16. The average Bonchev–Trinajstić information content (AvgIpc) is 3.07. The highest BCUT2D eigenvalue weighted by atomic mass is 16.2. The first-order chi connectivity index (χ1) is 12.9. The van der Waals surface area contributed by atoms with Gasteiger partial charge in [0.1, 0.15) is 5.82 Å². The molecule has 0 spiro atoms. The topological polar surface area (TPSA) is 85.9 Å². The summed E-state index contributed by atoms with van der Waals surface area (Å²) in [4.78, 5) is 19.1. The van der Waals surface area contributed by atoms with E-state index in [1.54, 1.807) is 0 Å². The molecule has 0 saturated heterocycles. The Kier molecular flexibility index (Phi) is 7.79. The molecule has 3 N–H and O–H groups in total. The monoisotopic (exact) mass is 372 g/mol. The highest BCUT2D eigenvalue weighted by molar-refractivity contribution is 5.89. The lowest BCUT2D eigenvalue weighted by Gasteiger charge is -2.31. The maximum absolute atomic E-state index is 12.4. The zero-order chi connectivity index (χ0) is 19.8. The highest BCUT2D eigenvalue weighted by Gasteiger charge is 2.18. The van der Waals surface area contributed by atoms with Crippen LogP contribution in [0.15, 0.2) is 24.3 Å². The number of aryl methyl sites for hydroxylation is 1. The number of hydrogen-bond acceptors (Lipinski definition) is 4. The van der Waals surface area contributed by atoms with Gasteiger partial charge < -0.3 is 10.6 Å². The van der Waals surface area contributed by atoms with Crippen LogP contribution in [0.4, 0.5) is 10.5 Å². The molecule has 1 aromatic heterocycles. The minimum absolute atomic E-state index is 0.195. The van der Waals surface area contributed by atoms with Gasteiger partial charge in [-0.05, 0) is 44.5 Å². The van der Waals surface area contributed by atoms with E-state index >= 15 is 0 Å². The van der Waals surface area contributed by atoms with Crippen LogP contribution < -0.4 is 10.6 Å². The molecule has 0 aliphatic heterocycles. The molecule has 2 amide bonds. The predicted octanol–water partition coefficient (Wildman–Crippen LogP) is 3.66. The van der Waals surface area contributed by atoms with Gasteiger partial charge >= 0.3 is 6.03 Å². The fourth-order valence-electron chi connectivity index (χ4n) is 3.24. The summed E-state index contributed by atoms with van der Waals surface area (Å²) < 4.78 is 0. The number of nitrogens with one attached hydrogen (secondary N) is 3. The van der Waals surface area contributed by atoms with Crippen LogP contribution in [0.3, 0.4) is 0 Å². The number of amides is 2. The van der Waals surface area contributed by atoms with E-state index in [0.29, 0.717) is 24.3 Å². The summed E-state index contributed by atoms with van der Waals surface area (Å²) in [5.74, 6) is 1.96. The zero-order valence-corrected chi connectivity index (χ0v) is 17.0. The third-order valence-corrected chi connectivity index (χ3v) is 4.55. The number of nitrogens with zero attached hydrogens (tertiary/aromatic N) is 3. The standard InChI is InChI=1S/C20H32N6O/c1-6-26(7-2)18(11-14(3)4)13-21-20(27)23-17-10-8-9-16(12-17)19-22-15(5)24-25-19/h8-10,12,14,18H,6-7,11,13H2,1-5H3,(H2,21,23,27)(H,22,24,25). The Morgan fingerprint density at radius 2 is 2.00 bits per heavy atom. The Bertz CT molecular complexity index is 723. The molecule has 7 heteroatoms.